The molecule has 0 saturated heterocycles. The standard InChI is InChI=1S/C26H33NO3/c1-2-3-4-5-6-7-8-12-19-30-24-17-15-23(16-18-24)21-27-25(26(28)29)20-22-13-10-9-11-14-22/h9-11,13-18,20-21H,2-8,12,19H2,1H3,(H,28,29). The Morgan fingerprint density at radius 2 is 1.50 bits per heavy atom. The Morgan fingerprint density at radius 1 is 0.867 bits per heavy atom. The van der Waals surface area contributed by atoms with Gasteiger partial charge >= 0.3 is 5.97 Å². The van der Waals surface area contributed by atoms with E-state index in [0.29, 0.717) is 0 Å². The zero-order valence-corrected chi connectivity index (χ0v) is 17.9. The minimum absolute atomic E-state index is 0.00350. The van der Waals surface area contributed by atoms with Crippen molar-refractivity contribution in [2.24, 2.45) is 4.99 Å². The third kappa shape index (κ3) is 9.55. The summed E-state index contributed by atoms with van der Waals surface area (Å²) in [5, 5.41) is 9.37. The highest BCUT2D eigenvalue weighted by Gasteiger charge is 2.05. The van der Waals surface area contributed by atoms with Gasteiger partial charge < -0.3 is 9.84 Å². The summed E-state index contributed by atoms with van der Waals surface area (Å²) in [4.78, 5) is 15.6. The molecule has 2 aromatic carbocycles. The van der Waals surface area contributed by atoms with E-state index in [2.05, 4.69) is 11.9 Å². The summed E-state index contributed by atoms with van der Waals surface area (Å²) in [6.07, 6.45) is 13.4. The lowest BCUT2D eigenvalue weighted by Crippen LogP contribution is -1.99. The van der Waals surface area contributed by atoms with E-state index in [0.717, 1.165) is 29.9 Å². The van der Waals surface area contributed by atoms with E-state index in [-0.39, 0.29) is 5.70 Å². The number of carbonyl (C=O) groups is 1. The smallest absolute Gasteiger partial charge is 0.354 e. The van der Waals surface area contributed by atoms with Gasteiger partial charge in [0.1, 0.15) is 11.4 Å². The molecule has 4 heteroatoms. The predicted molar refractivity (Wildman–Crippen MR) is 124 cm³/mol. The van der Waals surface area contributed by atoms with Gasteiger partial charge in [0.2, 0.25) is 0 Å². The minimum atomic E-state index is -1.06. The molecule has 0 aliphatic rings. The fourth-order valence-electron chi connectivity index (χ4n) is 3.08. The first-order chi connectivity index (χ1) is 14.7. The Bertz CT molecular complexity index is 795. The third-order valence-electron chi connectivity index (χ3n) is 4.82. The zero-order chi connectivity index (χ0) is 21.4. The van der Waals surface area contributed by atoms with Gasteiger partial charge in [-0.05, 0) is 47.9 Å². The number of aliphatic imine (C=N–C) groups is 1. The zero-order valence-electron chi connectivity index (χ0n) is 17.9. The molecule has 2 aromatic rings. The summed E-state index contributed by atoms with van der Waals surface area (Å²) in [7, 11) is 0. The van der Waals surface area contributed by atoms with E-state index in [4.69, 9.17) is 4.74 Å². The number of hydrogen-bond donors (Lipinski definition) is 1. The van der Waals surface area contributed by atoms with Crippen LogP contribution < -0.4 is 4.74 Å². The highest BCUT2D eigenvalue weighted by atomic mass is 16.5. The van der Waals surface area contributed by atoms with Crippen LogP contribution in [0.4, 0.5) is 0 Å². The molecule has 0 atom stereocenters. The van der Waals surface area contributed by atoms with Crippen molar-refractivity contribution < 1.29 is 14.6 Å². The molecule has 0 radical (unpaired) electrons. The van der Waals surface area contributed by atoms with Crippen molar-refractivity contribution in [1.82, 2.24) is 0 Å². The molecule has 0 saturated carbocycles. The number of aliphatic carboxylic acids is 1. The first-order valence-corrected chi connectivity index (χ1v) is 11.0. The fourth-order valence-corrected chi connectivity index (χ4v) is 3.08. The van der Waals surface area contributed by atoms with Crippen LogP contribution in [0.3, 0.4) is 0 Å². The molecule has 1 N–H and O–H groups in total. The van der Waals surface area contributed by atoms with Crippen molar-refractivity contribution in [1.29, 1.82) is 0 Å². The van der Waals surface area contributed by atoms with Gasteiger partial charge in [-0.1, -0.05) is 82.2 Å². The third-order valence-corrected chi connectivity index (χ3v) is 4.82. The van der Waals surface area contributed by atoms with Crippen LogP contribution >= 0.6 is 0 Å². The lowest BCUT2D eigenvalue weighted by molar-refractivity contribution is -0.132. The normalized spacial score (nSPS) is 11.7. The van der Waals surface area contributed by atoms with E-state index < -0.39 is 5.97 Å². The number of unbranched alkanes of at least 4 members (excludes halogenated alkanes) is 7. The molecule has 0 aliphatic carbocycles. The largest absolute Gasteiger partial charge is 0.494 e. The molecule has 0 unspecified atom stereocenters. The molecule has 30 heavy (non-hydrogen) atoms. The SMILES string of the molecule is CCCCCCCCCCOc1ccc(C=NC(=Cc2ccccc2)C(=O)O)cc1. The average molecular weight is 408 g/mol. The van der Waals surface area contributed by atoms with Gasteiger partial charge in [-0.25, -0.2) is 9.79 Å². The van der Waals surface area contributed by atoms with Crippen LogP contribution in [0.15, 0.2) is 65.3 Å². The Balaban J connectivity index is 1.75. The summed E-state index contributed by atoms with van der Waals surface area (Å²) >= 11 is 0. The fraction of sp³-hybridized carbons (Fsp3) is 0.385. The average Bonchev–Trinajstić information content (AvgIpc) is 2.77. The summed E-state index contributed by atoms with van der Waals surface area (Å²) < 4.78 is 5.80. The Hall–Kier alpha value is -2.88. The first kappa shape index (κ1) is 23.4. The van der Waals surface area contributed by atoms with Crippen molar-refractivity contribution in [2.45, 2.75) is 58.3 Å². The van der Waals surface area contributed by atoms with Crippen LogP contribution in [-0.2, 0) is 4.79 Å². The van der Waals surface area contributed by atoms with Gasteiger partial charge in [-0.2, -0.15) is 0 Å². The first-order valence-electron chi connectivity index (χ1n) is 11.0. The van der Waals surface area contributed by atoms with Gasteiger partial charge in [0, 0.05) is 6.21 Å². The summed E-state index contributed by atoms with van der Waals surface area (Å²) in [5.41, 5.74) is 1.63. The maximum atomic E-state index is 11.4. The summed E-state index contributed by atoms with van der Waals surface area (Å²) in [5.74, 6) is -0.228. The van der Waals surface area contributed by atoms with Crippen molar-refractivity contribution in [2.75, 3.05) is 6.61 Å². The second-order valence-electron chi connectivity index (χ2n) is 7.40. The summed E-state index contributed by atoms with van der Waals surface area (Å²) in [6.45, 7) is 2.97. The molecule has 0 spiro atoms. The molecule has 0 fully saturated rings. The molecule has 160 valence electrons. The molecular formula is C26H33NO3. The molecule has 0 aromatic heterocycles. The van der Waals surface area contributed by atoms with Crippen molar-refractivity contribution in [3.05, 3.63) is 71.4 Å². The van der Waals surface area contributed by atoms with Crippen molar-refractivity contribution >= 4 is 18.3 Å². The number of carboxylic acids is 1. The lowest BCUT2D eigenvalue weighted by Gasteiger charge is -2.06. The predicted octanol–water partition coefficient (Wildman–Crippen LogP) is 6.75. The molecular weight excluding hydrogens is 374 g/mol. The Labute approximate surface area is 180 Å². The molecule has 0 bridgehead atoms. The number of ether oxygens (including phenoxy) is 1. The monoisotopic (exact) mass is 407 g/mol. The van der Waals surface area contributed by atoms with E-state index in [1.165, 1.54) is 44.9 Å². The highest BCUT2D eigenvalue weighted by Crippen LogP contribution is 2.14. The Kier molecular flexibility index (Phi) is 11.0. The molecule has 4 nitrogen and oxygen atoms in total. The van der Waals surface area contributed by atoms with Gasteiger partial charge in [0.05, 0.1) is 6.61 Å². The van der Waals surface area contributed by atoms with Crippen molar-refractivity contribution in [3.63, 3.8) is 0 Å². The minimum Gasteiger partial charge on any atom is -0.494 e. The second-order valence-corrected chi connectivity index (χ2v) is 7.40. The van der Waals surface area contributed by atoms with E-state index in [1.807, 2.05) is 54.6 Å². The lowest BCUT2D eigenvalue weighted by atomic mass is 10.1. The van der Waals surface area contributed by atoms with Crippen LogP contribution in [0.25, 0.3) is 6.08 Å². The van der Waals surface area contributed by atoms with E-state index in [9.17, 15) is 9.90 Å². The Morgan fingerprint density at radius 3 is 2.13 bits per heavy atom. The maximum absolute atomic E-state index is 11.4. The second kappa shape index (κ2) is 14.2. The molecule has 0 aliphatic heterocycles. The number of benzene rings is 2. The van der Waals surface area contributed by atoms with Crippen LogP contribution in [0.5, 0.6) is 5.75 Å². The van der Waals surface area contributed by atoms with Gasteiger partial charge in [0.25, 0.3) is 0 Å². The van der Waals surface area contributed by atoms with E-state index >= 15 is 0 Å². The van der Waals surface area contributed by atoms with Gasteiger partial charge in [0.15, 0.2) is 0 Å². The number of hydrogen-bond acceptors (Lipinski definition) is 3. The number of nitrogens with zero attached hydrogens (tertiary/aromatic N) is 1. The molecule has 2 rings (SSSR count). The van der Waals surface area contributed by atoms with Crippen LogP contribution in [0.2, 0.25) is 0 Å². The molecule has 0 amide bonds. The van der Waals surface area contributed by atoms with Gasteiger partial charge in [-0.3, -0.25) is 0 Å². The van der Waals surface area contributed by atoms with E-state index in [1.54, 1.807) is 12.3 Å². The topological polar surface area (TPSA) is 58.9 Å². The quantitative estimate of drug-likeness (QED) is 0.214. The van der Waals surface area contributed by atoms with Crippen LogP contribution in [0, 0.1) is 0 Å². The van der Waals surface area contributed by atoms with Crippen molar-refractivity contribution in [3.8, 4) is 5.75 Å². The van der Waals surface area contributed by atoms with Crippen LogP contribution in [-0.4, -0.2) is 23.9 Å². The van der Waals surface area contributed by atoms with Crippen LogP contribution in [0.1, 0.15) is 69.4 Å². The molecule has 0 heterocycles. The highest BCUT2D eigenvalue weighted by molar-refractivity contribution is 5.95. The summed E-state index contributed by atoms with van der Waals surface area (Å²) in [6, 6.07) is 16.9. The van der Waals surface area contributed by atoms with Gasteiger partial charge in [-0.15, -0.1) is 0 Å². The number of carboxylic acid groups (broad SMARTS) is 1. The number of rotatable bonds is 14. The maximum Gasteiger partial charge on any atom is 0.354 e.